The fraction of sp³-hybridized carbons (Fsp3) is 0.750. The van der Waals surface area contributed by atoms with E-state index in [0.717, 1.165) is 12.1 Å². The molecule has 1 fully saturated rings. The van der Waals surface area contributed by atoms with Gasteiger partial charge in [0.1, 0.15) is 0 Å². The summed E-state index contributed by atoms with van der Waals surface area (Å²) in [5.41, 5.74) is 3.96. The molecule has 6 heteroatoms. The van der Waals surface area contributed by atoms with Gasteiger partial charge >= 0.3 is 0 Å². The van der Waals surface area contributed by atoms with Gasteiger partial charge in [-0.1, -0.05) is 11.6 Å². The summed E-state index contributed by atoms with van der Waals surface area (Å²) in [5, 5.41) is 5.06. The lowest BCUT2D eigenvalue weighted by atomic mass is 9.93. The molecular weight excluding hydrogens is 268 g/mol. The quantitative estimate of drug-likeness (QED) is 0.661. The third kappa shape index (κ3) is 2.41. The van der Waals surface area contributed by atoms with Crippen LogP contribution >= 0.6 is 23.4 Å². The minimum absolute atomic E-state index is 0.0300. The second-order valence-corrected chi connectivity index (χ2v) is 7.32. The van der Waals surface area contributed by atoms with E-state index in [0.29, 0.717) is 5.02 Å². The predicted molar refractivity (Wildman–Crippen MR) is 77.8 cm³/mol. The first-order valence-electron chi connectivity index (χ1n) is 6.32. The van der Waals surface area contributed by atoms with E-state index >= 15 is 0 Å². The first kappa shape index (κ1) is 14.2. The molecule has 0 spiro atoms. The molecule has 3 N–H and O–H groups in total. The van der Waals surface area contributed by atoms with Gasteiger partial charge in [0.05, 0.1) is 23.0 Å². The van der Waals surface area contributed by atoms with Gasteiger partial charge in [-0.25, -0.2) is 5.43 Å². The largest absolute Gasteiger partial charge is 0.271 e. The molecule has 2 rings (SSSR count). The molecule has 0 saturated carbocycles. The molecule has 1 aliphatic rings. The van der Waals surface area contributed by atoms with Gasteiger partial charge in [-0.2, -0.15) is 16.9 Å². The summed E-state index contributed by atoms with van der Waals surface area (Å²) < 4.78 is 2.06. The number of aromatic nitrogens is 2. The first-order chi connectivity index (χ1) is 8.49. The van der Waals surface area contributed by atoms with Crippen molar-refractivity contribution < 1.29 is 0 Å². The van der Waals surface area contributed by atoms with Crippen LogP contribution in [-0.2, 0) is 0 Å². The molecule has 1 aliphatic heterocycles. The molecule has 1 aromatic rings. The van der Waals surface area contributed by atoms with Gasteiger partial charge in [-0.15, -0.1) is 0 Å². The Morgan fingerprint density at radius 1 is 1.61 bits per heavy atom. The number of hydrogen-bond donors (Lipinski definition) is 2. The minimum Gasteiger partial charge on any atom is -0.271 e. The normalized spacial score (nSPS) is 25.9. The summed E-state index contributed by atoms with van der Waals surface area (Å²) >= 11 is 8.28. The number of thioether (sulfide) groups is 1. The number of rotatable bonds is 4. The topological polar surface area (TPSA) is 55.9 Å². The van der Waals surface area contributed by atoms with Crippen LogP contribution < -0.4 is 11.3 Å². The molecule has 2 atom stereocenters. The summed E-state index contributed by atoms with van der Waals surface area (Å²) in [6, 6.07) is 0.306. The van der Waals surface area contributed by atoms with E-state index in [1.807, 2.05) is 16.4 Å². The van der Waals surface area contributed by atoms with Crippen molar-refractivity contribution in [1.82, 2.24) is 15.2 Å². The fourth-order valence-corrected chi connectivity index (χ4v) is 4.23. The van der Waals surface area contributed by atoms with Crippen molar-refractivity contribution in [3.05, 3.63) is 16.9 Å². The van der Waals surface area contributed by atoms with E-state index in [1.165, 1.54) is 12.2 Å². The Hall–Kier alpha value is -0.230. The Labute approximate surface area is 118 Å². The summed E-state index contributed by atoms with van der Waals surface area (Å²) in [5.74, 6) is 6.99. The molecule has 0 aliphatic carbocycles. The van der Waals surface area contributed by atoms with Gasteiger partial charge in [0, 0.05) is 10.8 Å². The summed E-state index contributed by atoms with van der Waals surface area (Å²) in [6.45, 7) is 6.46. The number of hydrazine groups is 1. The van der Waals surface area contributed by atoms with E-state index in [1.54, 1.807) is 6.20 Å². The molecule has 0 bridgehead atoms. The average molecular weight is 289 g/mol. The Balaban J connectivity index is 2.41. The molecule has 0 aromatic carbocycles. The molecule has 18 heavy (non-hydrogen) atoms. The third-order valence-corrected chi connectivity index (χ3v) is 5.46. The van der Waals surface area contributed by atoms with Crippen LogP contribution in [0.1, 0.15) is 51.4 Å². The summed E-state index contributed by atoms with van der Waals surface area (Å²) in [6.07, 6.45) is 4.09. The molecule has 0 radical (unpaired) electrons. The highest BCUT2D eigenvalue weighted by molar-refractivity contribution is 8.00. The van der Waals surface area contributed by atoms with E-state index in [-0.39, 0.29) is 16.8 Å². The van der Waals surface area contributed by atoms with E-state index in [2.05, 4.69) is 31.3 Å². The standard InChI is InChI=1S/C12H21ClN4S/c1-8(2)17-10(9(13)7-15-17)11(16-14)12(3)5-4-6-18-12/h7-8,11,16H,4-6,14H2,1-3H3. The van der Waals surface area contributed by atoms with Crippen molar-refractivity contribution in [2.75, 3.05) is 5.75 Å². The van der Waals surface area contributed by atoms with Gasteiger partial charge in [0.15, 0.2) is 0 Å². The van der Waals surface area contributed by atoms with Crippen LogP contribution in [-0.4, -0.2) is 20.3 Å². The van der Waals surface area contributed by atoms with Crippen molar-refractivity contribution in [1.29, 1.82) is 0 Å². The second kappa shape index (κ2) is 5.41. The monoisotopic (exact) mass is 288 g/mol. The van der Waals surface area contributed by atoms with Crippen LogP contribution in [0.2, 0.25) is 5.02 Å². The maximum absolute atomic E-state index is 6.31. The van der Waals surface area contributed by atoms with Gasteiger partial charge in [-0.3, -0.25) is 10.5 Å². The number of nitrogens with zero attached hydrogens (tertiary/aromatic N) is 2. The molecule has 0 amide bonds. The number of nitrogens with one attached hydrogen (secondary N) is 1. The smallest absolute Gasteiger partial charge is 0.0835 e. The van der Waals surface area contributed by atoms with E-state index in [4.69, 9.17) is 17.4 Å². The van der Waals surface area contributed by atoms with Crippen molar-refractivity contribution in [3.8, 4) is 0 Å². The fourth-order valence-electron chi connectivity index (χ4n) is 2.61. The molecule has 1 saturated heterocycles. The van der Waals surface area contributed by atoms with Crippen LogP contribution in [0.25, 0.3) is 0 Å². The van der Waals surface area contributed by atoms with Crippen molar-refractivity contribution >= 4 is 23.4 Å². The van der Waals surface area contributed by atoms with Crippen LogP contribution in [0, 0.1) is 0 Å². The minimum atomic E-state index is 0.0300. The summed E-state index contributed by atoms with van der Waals surface area (Å²) in [7, 11) is 0. The Morgan fingerprint density at radius 3 is 2.83 bits per heavy atom. The predicted octanol–water partition coefficient (Wildman–Crippen LogP) is 2.91. The van der Waals surface area contributed by atoms with Crippen LogP contribution in [0.5, 0.6) is 0 Å². The van der Waals surface area contributed by atoms with Gasteiger partial charge in [-0.05, 0) is 39.4 Å². The Kier molecular flexibility index (Phi) is 4.26. The van der Waals surface area contributed by atoms with Crippen LogP contribution in [0.4, 0.5) is 0 Å². The van der Waals surface area contributed by atoms with Gasteiger partial charge in [0.2, 0.25) is 0 Å². The average Bonchev–Trinajstić information content (AvgIpc) is 2.89. The lowest BCUT2D eigenvalue weighted by Gasteiger charge is -2.33. The number of halogens is 1. The highest BCUT2D eigenvalue weighted by atomic mass is 35.5. The van der Waals surface area contributed by atoms with Gasteiger partial charge in [0.25, 0.3) is 0 Å². The Bertz CT molecular complexity index is 412. The molecule has 102 valence electrons. The maximum atomic E-state index is 6.31. The van der Waals surface area contributed by atoms with Crippen molar-refractivity contribution in [2.45, 2.75) is 50.4 Å². The number of hydrogen-bond acceptors (Lipinski definition) is 4. The van der Waals surface area contributed by atoms with Crippen LogP contribution in [0.15, 0.2) is 6.20 Å². The third-order valence-electron chi connectivity index (χ3n) is 3.58. The highest BCUT2D eigenvalue weighted by Gasteiger charge is 2.41. The molecule has 2 unspecified atom stereocenters. The molecule has 1 aromatic heterocycles. The maximum Gasteiger partial charge on any atom is 0.0835 e. The zero-order valence-corrected chi connectivity index (χ0v) is 12.7. The van der Waals surface area contributed by atoms with Crippen molar-refractivity contribution in [3.63, 3.8) is 0 Å². The van der Waals surface area contributed by atoms with Gasteiger partial charge < -0.3 is 0 Å². The second-order valence-electron chi connectivity index (χ2n) is 5.28. The molecular formula is C12H21ClN4S. The zero-order chi connectivity index (χ0) is 13.3. The van der Waals surface area contributed by atoms with Crippen molar-refractivity contribution in [2.24, 2.45) is 5.84 Å². The van der Waals surface area contributed by atoms with E-state index in [9.17, 15) is 0 Å². The van der Waals surface area contributed by atoms with E-state index < -0.39 is 0 Å². The molecule has 4 nitrogen and oxygen atoms in total. The Morgan fingerprint density at radius 2 is 2.33 bits per heavy atom. The summed E-state index contributed by atoms with van der Waals surface area (Å²) in [4.78, 5) is 0. The van der Waals surface area contributed by atoms with Crippen LogP contribution in [0.3, 0.4) is 0 Å². The lowest BCUT2D eigenvalue weighted by Crippen LogP contribution is -2.42. The first-order valence-corrected chi connectivity index (χ1v) is 7.69. The number of nitrogens with two attached hydrogens (primary N) is 1. The highest BCUT2D eigenvalue weighted by Crippen LogP contribution is 2.47. The lowest BCUT2D eigenvalue weighted by molar-refractivity contribution is 0.378. The SMILES string of the molecule is CC(C)n1ncc(Cl)c1C(NN)C1(C)CCCS1. The molecule has 2 heterocycles. The zero-order valence-electron chi connectivity index (χ0n) is 11.1.